The van der Waals surface area contributed by atoms with Gasteiger partial charge in [-0.2, -0.15) is 0 Å². The van der Waals surface area contributed by atoms with Gasteiger partial charge in [0.05, 0.1) is 27.0 Å². The molecule has 2 aliphatic heterocycles. The van der Waals surface area contributed by atoms with E-state index in [2.05, 4.69) is 6.07 Å². The van der Waals surface area contributed by atoms with Crippen LogP contribution < -0.4 is 14.4 Å². The highest BCUT2D eigenvalue weighted by molar-refractivity contribution is 6.05. The first-order valence-electron chi connectivity index (χ1n) is 14.5. The van der Waals surface area contributed by atoms with Crippen LogP contribution in [0.3, 0.4) is 0 Å². The highest BCUT2D eigenvalue weighted by Crippen LogP contribution is 2.32. The second kappa shape index (κ2) is 12.0. The number of hydrogen-bond donors (Lipinski definition) is 0. The summed E-state index contributed by atoms with van der Waals surface area (Å²) in [6, 6.07) is 11.1. The summed E-state index contributed by atoms with van der Waals surface area (Å²) in [6.45, 7) is 9.60. The molecule has 0 unspecified atom stereocenters. The zero-order chi connectivity index (χ0) is 30.9. The summed E-state index contributed by atoms with van der Waals surface area (Å²) < 4.78 is 18.3. The van der Waals surface area contributed by atoms with E-state index in [0.717, 1.165) is 22.5 Å². The van der Waals surface area contributed by atoms with E-state index in [1.807, 2.05) is 44.4 Å². The molecule has 2 aliphatic rings. The molecule has 0 bridgehead atoms. The number of fused-ring (bicyclic) bond motifs is 1. The maximum Gasteiger partial charge on any atom is 0.410 e. The Morgan fingerprint density at radius 1 is 0.977 bits per heavy atom. The van der Waals surface area contributed by atoms with Gasteiger partial charge in [0.1, 0.15) is 28.7 Å². The molecule has 4 amide bonds. The van der Waals surface area contributed by atoms with E-state index in [0.29, 0.717) is 48.9 Å². The maximum absolute atomic E-state index is 13.7. The van der Waals surface area contributed by atoms with E-state index < -0.39 is 11.6 Å². The number of aromatic nitrogens is 2. The molecule has 2 aromatic carbocycles. The van der Waals surface area contributed by atoms with Gasteiger partial charge in [-0.3, -0.25) is 14.6 Å². The van der Waals surface area contributed by atoms with Crippen LogP contribution in [-0.4, -0.2) is 70.3 Å². The Hall–Kier alpha value is -4.54. The van der Waals surface area contributed by atoms with Crippen LogP contribution in [0.5, 0.6) is 11.5 Å². The summed E-state index contributed by atoms with van der Waals surface area (Å²) in [6.07, 6.45) is 2.29. The molecule has 0 N–H and O–H groups in total. The van der Waals surface area contributed by atoms with Crippen LogP contribution in [0.4, 0.5) is 15.4 Å². The number of urea groups is 1. The van der Waals surface area contributed by atoms with Crippen LogP contribution in [0.1, 0.15) is 50.8 Å². The van der Waals surface area contributed by atoms with Gasteiger partial charge in [0.15, 0.2) is 0 Å². The quantitative estimate of drug-likeness (QED) is 0.371. The molecular formula is C32H39N5O6. The number of ether oxygens (including phenoxy) is 3. The maximum atomic E-state index is 13.7. The molecule has 228 valence electrons. The molecule has 5 rings (SSSR count). The number of amides is 4. The molecule has 1 saturated heterocycles. The molecule has 0 aliphatic carbocycles. The number of rotatable bonds is 7. The predicted octanol–water partition coefficient (Wildman–Crippen LogP) is 5.24. The number of carbonyl (C=O) groups excluding carboxylic acids is 3. The largest absolute Gasteiger partial charge is 0.497 e. The van der Waals surface area contributed by atoms with E-state index >= 15 is 0 Å². The number of imide groups is 1. The summed E-state index contributed by atoms with van der Waals surface area (Å²) in [5.41, 5.74) is 3.32. The third-order valence-corrected chi connectivity index (χ3v) is 7.69. The van der Waals surface area contributed by atoms with Crippen molar-refractivity contribution in [2.24, 2.45) is 0 Å². The van der Waals surface area contributed by atoms with Gasteiger partial charge in [0.2, 0.25) is 5.91 Å². The summed E-state index contributed by atoms with van der Waals surface area (Å²) >= 11 is 0. The lowest BCUT2D eigenvalue weighted by Crippen LogP contribution is -2.52. The van der Waals surface area contributed by atoms with Gasteiger partial charge in [0.25, 0.3) is 0 Å². The van der Waals surface area contributed by atoms with Crippen molar-refractivity contribution < 1.29 is 28.6 Å². The van der Waals surface area contributed by atoms with Crippen molar-refractivity contribution in [3.8, 4) is 22.9 Å². The lowest BCUT2D eigenvalue weighted by atomic mass is 9.97. The second-order valence-corrected chi connectivity index (χ2v) is 11.7. The lowest BCUT2D eigenvalue weighted by Gasteiger charge is -2.34. The monoisotopic (exact) mass is 589 g/mol. The van der Waals surface area contributed by atoms with Gasteiger partial charge in [0, 0.05) is 49.8 Å². The zero-order valence-corrected chi connectivity index (χ0v) is 25.7. The Morgan fingerprint density at radius 3 is 2.47 bits per heavy atom. The van der Waals surface area contributed by atoms with E-state index in [9.17, 15) is 14.4 Å². The summed E-state index contributed by atoms with van der Waals surface area (Å²) in [5, 5.41) is 0. The van der Waals surface area contributed by atoms with Crippen LogP contribution in [0.15, 0.2) is 42.6 Å². The van der Waals surface area contributed by atoms with Crippen LogP contribution >= 0.6 is 0 Å². The topological polar surface area (TPSA) is 106 Å². The van der Waals surface area contributed by atoms with Crippen molar-refractivity contribution >= 4 is 23.8 Å². The first-order valence-corrected chi connectivity index (χ1v) is 14.5. The molecule has 11 nitrogen and oxygen atoms in total. The molecule has 1 fully saturated rings. The second-order valence-electron chi connectivity index (χ2n) is 11.7. The van der Waals surface area contributed by atoms with Crippen LogP contribution in [-0.2, 0) is 35.6 Å². The summed E-state index contributed by atoms with van der Waals surface area (Å²) in [4.78, 5) is 48.6. The summed E-state index contributed by atoms with van der Waals surface area (Å²) in [5.74, 6) is 2.30. The lowest BCUT2D eigenvalue weighted by molar-refractivity contribution is -0.129. The predicted molar refractivity (Wildman–Crippen MR) is 161 cm³/mol. The number of benzene rings is 2. The van der Waals surface area contributed by atoms with Crippen molar-refractivity contribution in [2.75, 3.05) is 32.2 Å². The Bertz CT molecular complexity index is 1540. The van der Waals surface area contributed by atoms with Crippen molar-refractivity contribution in [1.29, 1.82) is 0 Å². The van der Waals surface area contributed by atoms with E-state index in [4.69, 9.17) is 19.2 Å². The van der Waals surface area contributed by atoms with Crippen molar-refractivity contribution in [1.82, 2.24) is 19.4 Å². The summed E-state index contributed by atoms with van der Waals surface area (Å²) in [7, 11) is 3.11. The number of methoxy groups -OCH3 is 2. The number of anilines is 1. The Kier molecular flexibility index (Phi) is 8.34. The van der Waals surface area contributed by atoms with Gasteiger partial charge < -0.3 is 23.7 Å². The average molecular weight is 590 g/mol. The van der Waals surface area contributed by atoms with Gasteiger partial charge >= 0.3 is 12.1 Å². The minimum Gasteiger partial charge on any atom is -0.497 e. The fourth-order valence-electron chi connectivity index (χ4n) is 5.51. The van der Waals surface area contributed by atoms with Crippen molar-refractivity contribution in [2.45, 2.75) is 65.8 Å². The third kappa shape index (κ3) is 6.16. The van der Waals surface area contributed by atoms with E-state index in [-0.39, 0.29) is 31.5 Å². The van der Waals surface area contributed by atoms with Crippen LogP contribution in [0.2, 0.25) is 0 Å². The molecule has 3 aromatic rings. The minimum atomic E-state index is -0.543. The van der Waals surface area contributed by atoms with Gasteiger partial charge in [-0.05, 0) is 63.4 Å². The Balaban J connectivity index is 1.37. The van der Waals surface area contributed by atoms with Crippen LogP contribution in [0.25, 0.3) is 11.4 Å². The highest BCUT2D eigenvalue weighted by atomic mass is 16.6. The van der Waals surface area contributed by atoms with E-state index in [1.165, 1.54) is 4.90 Å². The van der Waals surface area contributed by atoms with E-state index in [1.54, 1.807) is 48.4 Å². The Morgan fingerprint density at radius 2 is 1.77 bits per heavy atom. The van der Waals surface area contributed by atoms with Gasteiger partial charge in [-0.15, -0.1) is 0 Å². The number of hydrogen-bond acceptors (Lipinski definition) is 7. The van der Waals surface area contributed by atoms with Crippen molar-refractivity contribution in [3.05, 3.63) is 59.3 Å². The highest BCUT2D eigenvalue weighted by Gasteiger charge is 2.35. The Labute approximate surface area is 251 Å². The zero-order valence-electron chi connectivity index (χ0n) is 25.7. The van der Waals surface area contributed by atoms with Gasteiger partial charge in [-0.1, -0.05) is 12.1 Å². The first-order chi connectivity index (χ1) is 20.5. The molecule has 0 radical (unpaired) electrons. The molecule has 0 spiro atoms. The molecule has 0 atom stereocenters. The normalized spacial score (nSPS) is 15.4. The first kappa shape index (κ1) is 29.9. The van der Waals surface area contributed by atoms with Crippen LogP contribution in [0, 0.1) is 0 Å². The molecule has 43 heavy (non-hydrogen) atoms. The third-order valence-electron chi connectivity index (χ3n) is 7.69. The number of imidazole rings is 1. The number of nitrogens with zero attached hydrogens (tertiary/aromatic N) is 5. The fourth-order valence-corrected chi connectivity index (χ4v) is 5.51. The molecular weight excluding hydrogens is 550 g/mol. The standard InChI is InChI=1S/C32H39N5O6/c1-7-35-27(36-15-13-28(38)37(30(36)39)20-24-10-11-25(41-5)17-26(24)42-6)18-33-29(35)22-8-9-23-19-34(14-12-21(23)16-22)31(40)43-32(2,3)4/h8-11,16-18H,7,12-15,19-20H2,1-6H3. The smallest absolute Gasteiger partial charge is 0.410 e. The SMILES string of the molecule is CCn1c(N2CCC(=O)N(Cc3ccc(OC)cc3OC)C2=O)cnc1-c1ccc2c(c1)CCN(C(=O)OC(C)(C)C)C2. The molecule has 11 heteroatoms. The number of carbonyl (C=O) groups is 3. The molecule has 0 saturated carbocycles. The average Bonchev–Trinajstić information content (AvgIpc) is 3.41. The minimum absolute atomic E-state index is 0.0829. The fraction of sp³-hybridized carbons (Fsp3) is 0.438. The molecule has 1 aromatic heterocycles. The van der Waals surface area contributed by atoms with Gasteiger partial charge in [-0.25, -0.2) is 14.6 Å². The van der Waals surface area contributed by atoms with Crippen molar-refractivity contribution in [3.63, 3.8) is 0 Å². The molecule has 3 heterocycles.